The molecule has 3 N–H and O–H groups in total. The van der Waals surface area contributed by atoms with Gasteiger partial charge in [-0.25, -0.2) is 4.98 Å². The molecule has 0 saturated carbocycles. The maximum atomic E-state index is 12.0. The van der Waals surface area contributed by atoms with Crippen molar-refractivity contribution in [2.24, 2.45) is 5.73 Å². The van der Waals surface area contributed by atoms with Gasteiger partial charge in [-0.2, -0.15) is 0 Å². The molecule has 1 atom stereocenters. The summed E-state index contributed by atoms with van der Waals surface area (Å²) in [5.41, 5.74) is 7.94. The van der Waals surface area contributed by atoms with E-state index < -0.39 is 6.04 Å². The molecule has 0 saturated heterocycles. The van der Waals surface area contributed by atoms with Crippen LogP contribution in [0.5, 0.6) is 0 Å². The number of halogens is 2. The summed E-state index contributed by atoms with van der Waals surface area (Å²) in [6, 6.07) is 12.8. The van der Waals surface area contributed by atoms with Crippen LogP contribution in [-0.4, -0.2) is 31.0 Å². The Kier molecular flexibility index (Phi) is 9.25. The van der Waals surface area contributed by atoms with E-state index in [-0.39, 0.29) is 30.7 Å². The number of amides is 1. The summed E-state index contributed by atoms with van der Waals surface area (Å²) in [6.45, 7) is 0. The van der Waals surface area contributed by atoms with Crippen molar-refractivity contribution in [3.05, 3.63) is 54.2 Å². The van der Waals surface area contributed by atoms with E-state index in [1.165, 1.54) is 0 Å². The molecule has 1 amide bonds. The van der Waals surface area contributed by atoms with E-state index >= 15 is 0 Å². The van der Waals surface area contributed by atoms with Crippen LogP contribution >= 0.6 is 24.8 Å². The zero-order valence-electron chi connectivity index (χ0n) is 13.1. The molecule has 0 radical (unpaired) electrons. The highest BCUT2D eigenvalue weighted by molar-refractivity contribution is 5.94. The highest BCUT2D eigenvalue weighted by atomic mass is 35.5. The van der Waals surface area contributed by atoms with E-state index in [1.54, 1.807) is 12.3 Å². The van der Waals surface area contributed by atoms with Crippen LogP contribution in [0.3, 0.4) is 0 Å². The van der Waals surface area contributed by atoms with E-state index in [0.29, 0.717) is 12.2 Å². The number of pyridine rings is 1. The molecule has 23 heavy (non-hydrogen) atoms. The number of hydrogen-bond acceptors (Lipinski definition) is 4. The number of anilines is 2. The lowest BCUT2D eigenvalue weighted by Crippen LogP contribution is -2.37. The second-order valence-electron chi connectivity index (χ2n) is 5.08. The first-order valence-electron chi connectivity index (χ1n) is 6.80. The van der Waals surface area contributed by atoms with Gasteiger partial charge in [-0.15, -0.1) is 24.8 Å². The van der Waals surface area contributed by atoms with Crippen LogP contribution in [0.2, 0.25) is 0 Å². The fourth-order valence-corrected chi connectivity index (χ4v) is 1.90. The molecule has 5 nitrogen and oxygen atoms in total. The predicted molar refractivity (Wildman–Crippen MR) is 99.8 cm³/mol. The van der Waals surface area contributed by atoms with Crippen LogP contribution in [-0.2, 0) is 11.2 Å². The molecule has 0 aliphatic rings. The predicted octanol–water partition coefficient (Wildman–Crippen LogP) is 2.50. The van der Waals surface area contributed by atoms with Crippen LogP contribution in [0, 0.1) is 0 Å². The van der Waals surface area contributed by atoms with Gasteiger partial charge in [0.15, 0.2) is 0 Å². The minimum atomic E-state index is -0.595. The summed E-state index contributed by atoms with van der Waals surface area (Å²) in [4.78, 5) is 18.2. The lowest BCUT2D eigenvalue weighted by atomic mass is 10.1. The Hall–Kier alpha value is -1.82. The zero-order chi connectivity index (χ0) is 15.2. The zero-order valence-corrected chi connectivity index (χ0v) is 14.7. The van der Waals surface area contributed by atoms with Gasteiger partial charge in [0.25, 0.3) is 0 Å². The third-order valence-corrected chi connectivity index (χ3v) is 3.15. The first kappa shape index (κ1) is 21.2. The van der Waals surface area contributed by atoms with E-state index in [2.05, 4.69) is 10.3 Å². The Bertz CT molecular complexity index is 591. The van der Waals surface area contributed by atoms with Crippen LogP contribution in [0.25, 0.3) is 0 Å². The number of aromatic nitrogens is 1. The third-order valence-electron chi connectivity index (χ3n) is 3.15. The fraction of sp³-hybridized carbons (Fsp3) is 0.250. The number of nitrogens with one attached hydrogen (secondary N) is 1. The summed E-state index contributed by atoms with van der Waals surface area (Å²) in [7, 11) is 3.87. The quantitative estimate of drug-likeness (QED) is 0.863. The van der Waals surface area contributed by atoms with Gasteiger partial charge in [0, 0.05) is 14.1 Å². The molecule has 1 aromatic heterocycles. The van der Waals surface area contributed by atoms with Gasteiger partial charge in [-0.3, -0.25) is 4.79 Å². The Morgan fingerprint density at radius 1 is 1.17 bits per heavy atom. The molecule has 0 aliphatic carbocycles. The van der Waals surface area contributed by atoms with Gasteiger partial charge < -0.3 is 16.0 Å². The maximum absolute atomic E-state index is 12.0. The van der Waals surface area contributed by atoms with E-state index in [1.807, 2.05) is 55.4 Å². The molecule has 1 heterocycles. The van der Waals surface area contributed by atoms with Crippen molar-refractivity contribution in [3.63, 3.8) is 0 Å². The van der Waals surface area contributed by atoms with Crippen molar-refractivity contribution < 1.29 is 4.79 Å². The Labute approximate surface area is 149 Å². The topological polar surface area (TPSA) is 71.2 Å². The van der Waals surface area contributed by atoms with Crippen LogP contribution in [0.4, 0.5) is 11.5 Å². The molecule has 2 rings (SSSR count). The minimum absolute atomic E-state index is 0. The number of rotatable bonds is 5. The second kappa shape index (κ2) is 10.0. The van der Waals surface area contributed by atoms with Crippen molar-refractivity contribution in [2.45, 2.75) is 12.5 Å². The molecule has 126 valence electrons. The lowest BCUT2D eigenvalue weighted by molar-refractivity contribution is -0.117. The molecule has 1 aromatic carbocycles. The Morgan fingerprint density at radius 3 is 2.35 bits per heavy atom. The Morgan fingerprint density at radius 2 is 1.83 bits per heavy atom. The van der Waals surface area contributed by atoms with Crippen molar-refractivity contribution in [1.82, 2.24) is 4.98 Å². The SMILES string of the molecule is CN(C)c1ccc(NC(=O)C(N)Cc2ccccc2)nc1.Cl.Cl. The van der Waals surface area contributed by atoms with Gasteiger partial charge in [0.2, 0.25) is 5.91 Å². The van der Waals surface area contributed by atoms with Crippen molar-refractivity contribution in [3.8, 4) is 0 Å². The number of nitrogens with two attached hydrogens (primary N) is 1. The average molecular weight is 357 g/mol. The van der Waals surface area contributed by atoms with Gasteiger partial charge >= 0.3 is 0 Å². The minimum Gasteiger partial charge on any atom is -0.376 e. The molecule has 2 aromatic rings. The third kappa shape index (κ3) is 6.44. The molecule has 7 heteroatoms. The average Bonchev–Trinajstić information content (AvgIpc) is 2.48. The van der Waals surface area contributed by atoms with Gasteiger partial charge in [-0.1, -0.05) is 30.3 Å². The number of carbonyl (C=O) groups excluding carboxylic acids is 1. The van der Waals surface area contributed by atoms with Crippen LogP contribution < -0.4 is 16.0 Å². The van der Waals surface area contributed by atoms with Crippen LogP contribution in [0.1, 0.15) is 5.56 Å². The molecule has 0 spiro atoms. The van der Waals surface area contributed by atoms with Gasteiger partial charge in [0.1, 0.15) is 5.82 Å². The first-order chi connectivity index (χ1) is 10.1. The van der Waals surface area contributed by atoms with Crippen molar-refractivity contribution >= 4 is 42.2 Å². The summed E-state index contributed by atoms with van der Waals surface area (Å²) < 4.78 is 0. The van der Waals surface area contributed by atoms with E-state index in [9.17, 15) is 4.79 Å². The number of nitrogens with zero attached hydrogens (tertiary/aromatic N) is 2. The van der Waals surface area contributed by atoms with Crippen LogP contribution in [0.15, 0.2) is 48.7 Å². The highest BCUT2D eigenvalue weighted by Gasteiger charge is 2.14. The first-order valence-corrected chi connectivity index (χ1v) is 6.80. The summed E-state index contributed by atoms with van der Waals surface area (Å²) in [5.74, 6) is 0.276. The van der Waals surface area contributed by atoms with Crippen molar-refractivity contribution in [1.29, 1.82) is 0 Å². The van der Waals surface area contributed by atoms with E-state index in [0.717, 1.165) is 11.3 Å². The smallest absolute Gasteiger partial charge is 0.242 e. The molecule has 0 fully saturated rings. The second-order valence-corrected chi connectivity index (χ2v) is 5.08. The molecular formula is C16H22Cl2N4O. The van der Waals surface area contributed by atoms with E-state index in [4.69, 9.17) is 5.73 Å². The summed E-state index contributed by atoms with van der Waals surface area (Å²) in [6.07, 6.45) is 2.21. The Balaban J connectivity index is 0.00000242. The van der Waals surface area contributed by atoms with Gasteiger partial charge in [-0.05, 0) is 24.1 Å². The summed E-state index contributed by atoms with van der Waals surface area (Å²) >= 11 is 0. The highest BCUT2D eigenvalue weighted by Crippen LogP contribution is 2.12. The monoisotopic (exact) mass is 356 g/mol. The molecular weight excluding hydrogens is 335 g/mol. The summed E-state index contributed by atoms with van der Waals surface area (Å²) in [5, 5.41) is 2.73. The maximum Gasteiger partial charge on any atom is 0.242 e. The fourth-order valence-electron chi connectivity index (χ4n) is 1.90. The largest absolute Gasteiger partial charge is 0.376 e. The lowest BCUT2D eigenvalue weighted by Gasteiger charge is -2.14. The molecule has 1 unspecified atom stereocenters. The number of benzene rings is 1. The molecule has 0 aliphatic heterocycles. The normalized spacial score (nSPS) is 10.7. The van der Waals surface area contributed by atoms with Crippen molar-refractivity contribution in [2.75, 3.05) is 24.3 Å². The number of carbonyl (C=O) groups is 1. The van der Waals surface area contributed by atoms with Gasteiger partial charge in [0.05, 0.1) is 17.9 Å². The molecule has 0 bridgehead atoms. The number of hydrogen-bond donors (Lipinski definition) is 2. The standard InChI is InChI=1S/C16H20N4O.2ClH/c1-20(2)13-8-9-15(18-11-13)19-16(21)14(17)10-12-6-4-3-5-7-12;;/h3-9,11,14H,10,17H2,1-2H3,(H,18,19,21);2*1H.